The molecule has 0 fully saturated rings. The maximum atomic E-state index is 4.24. The van der Waals surface area contributed by atoms with Gasteiger partial charge in [0.15, 0.2) is 0 Å². The fourth-order valence-corrected chi connectivity index (χ4v) is 3.47. The summed E-state index contributed by atoms with van der Waals surface area (Å²) in [7, 11) is 0. The average Bonchev–Trinajstić information content (AvgIpc) is 2.78. The van der Waals surface area contributed by atoms with Crippen LogP contribution in [0.4, 0.5) is 0 Å². The van der Waals surface area contributed by atoms with Crippen LogP contribution in [0.1, 0.15) is 49.9 Å². The van der Waals surface area contributed by atoms with Crippen LogP contribution >= 0.6 is 11.3 Å². The second kappa shape index (κ2) is 5.09. The lowest BCUT2D eigenvalue weighted by molar-refractivity contribution is 0.525. The Hall–Kier alpha value is -1.15. The van der Waals surface area contributed by atoms with Crippen LogP contribution < -0.4 is 0 Å². The van der Waals surface area contributed by atoms with Crippen LogP contribution in [0, 0.1) is 0 Å². The topological polar surface area (TPSA) is 12.9 Å². The highest BCUT2D eigenvalue weighted by Gasteiger charge is 2.23. The van der Waals surface area contributed by atoms with E-state index < -0.39 is 0 Å². The van der Waals surface area contributed by atoms with E-state index in [1.807, 2.05) is 29.8 Å². The lowest BCUT2D eigenvalue weighted by Gasteiger charge is -2.24. The number of hydrogen-bond acceptors (Lipinski definition) is 2. The molecule has 0 N–H and O–H groups in total. The van der Waals surface area contributed by atoms with E-state index in [1.165, 1.54) is 15.3 Å². The lowest BCUT2D eigenvalue weighted by Crippen LogP contribution is -2.20. The molecule has 0 spiro atoms. The summed E-state index contributed by atoms with van der Waals surface area (Å²) in [6, 6.07) is 8.75. The van der Waals surface area contributed by atoms with Crippen LogP contribution in [0.25, 0.3) is 0 Å². The summed E-state index contributed by atoms with van der Waals surface area (Å²) in [6.07, 6.45) is 4.89. The third-order valence-electron chi connectivity index (χ3n) is 3.46. The van der Waals surface area contributed by atoms with Gasteiger partial charge in [-0.25, -0.2) is 0 Å². The Morgan fingerprint density at radius 3 is 2.32 bits per heavy atom. The minimum atomic E-state index is 0.133. The molecule has 2 rings (SSSR count). The number of aromatic nitrogens is 1. The molecule has 0 aromatic carbocycles. The van der Waals surface area contributed by atoms with E-state index in [2.05, 4.69) is 57.8 Å². The van der Waals surface area contributed by atoms with Crippen molar-refractivity contribution in [3.05, 3.63) is 52.0 Å². The van der Waals surface area contributed by atoms with Crippen LogP contribution in [0.3, 0.4) is 0 Å². The average molecular weight is 273 g/mol. The third kappa shape index (κ3) is 3.44. The standard InChI is InChI=1S/C17H23NS/c1-16(2,3)15-9-8-14(19-15)11-17(4,5)13-7-6-10-18-12-13/h6-10,12H,11H2,1-5H3. The minimum absolute atomic E-state index is 0.133. The van der Waals surface area contributed by atoms with Gasteiger partial charge in [0, 0.05) is 22.1 Å². The highest BCUT2D eigenvalue weighted by molar-refractivity contribution is 7.12. The summed E-state index contributed by atoms with van der Waals surface area (Å²) in [5.74, 6) is 0. The molecule has 2 aromatic rings. The highest BCUT2D eigenvalue weighted by atomic mass is 32.1. The summed E-state index contributed by atoms with van der Waals surface area (Å²) >= 11 is 1.94. The van der Waals surface area contributed by atoms with Gasteiger partial charge in [0.25, 0.3) is 0 Å². The van der Waals surface area contributed by atoms with Crippen molar-refractivity contribution < 1.29 is 0 Å². The van der Waals surface area contributed by atoms with Crippen LogP contribution in [-0.4, -0.2) is 4.98 Å². The van der Waals surface area contributed by atoms with Crippen LogP contribution in [0.2, 0.25) is 0 Å². The maximum absolute atomic E-state index is 4.24. The zero-order chi connectivity index (χ0) is 14.1. The molecule has 19 heavy (non-hydrogen) atoms. The monoisotopic (exact) mass is 273 g/mol. The number of thiophene rings is 1. The molecule has 0 bridgehead atoms. The molecule has 0 amide bonds. The Kier molecular flexibility index (Phi) is 3.82. The van der Waals surface area contributed by atoms with E-state index in [0.717, 1.165) is 6.42 Å². The van der Waals surface area contributed by atoms with E-state index >= 15 is 0 Å². The fourth-order valence-electron chi connectivity index (χ4n) is 2.18. The van der Waals surface area contributed by atoms with Gasteiger partial charge in [-0.2, -0.15) is 0 Å². The molecule has 0 saturated heterocycles. The molecule has 0 unspecified atom stereocenters. The van der Waals surface area contributed by atoms with E-state index in [-0.39, 0.29) is 10.8 Å². The Balaban J connectivity index is 2.19. The summed E-state index contributed by atoms with van der Waals surface area (Å²) in [5, 5.41) is 0. The van der Waals surface area contributed by atoms with Crippen molar-refractivity contribution in [3.8, 4) is 0 Å². The number of pyridine rings is 1. The van der Waals surface area contributed by atoms with Gasteiger partial charge >= 0.3 is 0 Å². The van der Waals surface area contributed by atoms with Gasteiger partial charge < -0.3 is 0 Å². The van der Waals surface area contributed by atoms with E-state index in [9.17, 15) is 0 Å². The van der Waals surface area contributed by atoms with Crippen molar-refractivity contribution in [2.75, 3.05) is 0 Å². The van der Waals surface area contributed by atoms with Gasteiger partial charge in [0.1, 0.15) is 0 Å². The SMILES string of the molecule is CC(C)(C)c1ccc(CC(C)(C)c2cccnc2)s1. The second-order valence-electron chi connectivity index (χ2n) is 6.82. The van der Waals surface area contributed by atoms with Crippen molar-refractivity contribution in [1.29, 1.82) is 0 Å². The predicted octanol–water partition coefficient (Wildman–Crippen LogP) is 4.96. The first kappa shape index (κ1) is 14.3. The molecular weight excluding hydrogens is 250 g/mol. The summed E-state index contributed by atoms with van der Waals surface area (Å²) in [6.45, 7) is 11.4. The van der Waals surface area contributed by atoms with Gasteiger partial charge in [-0.1, -0.05) is 40.7 Å². The molecule has 2 aromatic heterocycles. The maximum Gasteiger partial charge on any atom is 0.0305 e. The zero-order valence-electron chi connectivity index (χ0n) is 12.5. The molecule has 0 radical (unpaired) electrons. The van der Waals surface area contributed by atoms with Crippen molar-refractivity contribution >= 4 is 11.3 Å². The molecule has 2 heterocycles. The molecular formula is C17H23NS. The van der Waals surface area contributed by atoms with Crippen molar-refractivity contribution in [2.45, 2.75) is 51.9 Å². The summed E-state index contributed by atoms with van der Waals surface area (Å²) in [4.78, 5) is 7.16. The summed E-state index contributed by atoms with van der Waals surface area (Å²) in [5.41, 5.74) is 1.69. The number of nitrogens with zero attached hydrogens (tertiary/aromatic N) is 1. The van der Waals surface area contributed by atoms with Gasteiger partial charge in [0.2, 0.25) is 0 Å². The van der Waals surface area contributed by atoms with Crippen molar-refractivity contribution in [1.82, 2.24) is 4.98 Å². The van der Waals surface area contributed by atoms with E-state index in [0.29, 0.717) is 0 Å². The molecule has 0 aliphatic rings. The Labute approximate surface area is 120 Å². The van der Waals surface area contributed by atoms with Gasteiger partial charge in [-0.05, 0) is 41.0 Å². The molecule has 2 heteroatoms. The molecule has 0 aliphatic carbocycles. The van der Waals surface area contributed by atoms with Gasteiger partial charge in [-0.15, -0.1) is 11.3 Å². The van der Waals surface area contributed by atoms with Crippen LogP contribution in [-0.2, 0) is 17.3 Å². The Bertz CT molecular complexity index is 532. The smallest absolute Gasteiger partial charge is 0.0305 e. The molecule has 0 atom stereocenters. The second-order valence-corrected chi connectivity index (χ2v) is 7.99. The molecule has 1 nitrogen and oxygen atoms in total. The lowest BCUT2D eigenvalue weighted by atomic mass is 9.82. The first-order valence-corrected chi connectivity index (χ1v) is 7.60. The van der Waals surface area contributed by atoms with Gasteiger partial charge in [-0.3, -0.25) is 4.98 Å². The quantitative estimate of drug-likeness (QED) is 0.770. The largest absolute Gasteiger partial charge is 0.264 e. The first-order valence-electron chi connectivity index (χ1n) is 6.79. The van der Waals surface area contributed by atoms with E-state index in [4.69, 9.17) is 0 Å². The number of rotatable bonds is 3. The molecule has 102 valence electrons. The van der Waals surface area contributed by atoms with Crippen molar-refractivity contribution in [2.24, 2.45) is 0 Å². The molecule has 0 aliphatic heterocycles. The highest BCUT2D eigenvalue weighted by Crippen LogP contribution is 2.34. The molecule has 0 saturated carbocycles. The summed E-state index contributed by atoms with van der Waals surface area (Å²) < 4.78 is 0. The third-order valence-corrected chi connectivity index (χ3v) is 4.97. The van der Waals surface area contributed by atoms with Crippen LogP contribution in [0.5, 0.6) is 0 Å². The van der Waals surface area contributed by atoms with Gasteiger partial charge in [0.05, 0.1) is 0 Å². The number of hydrogen-bond donors (Lipinski definition) is 0. The van der Waals surface area contributed by atoms with E-state index in [1.54, 1.807) is 0 Å². The predicted molar refractivity (Wildman–Crippen MR) is 84.0 cm³/mol. The Morgan fingerprint density at radius 2 is 1.79 bits per heavy atom. The normalized spacial score (nSPS) is 12.7. The minimum Gasteiger partial charge on any atom is -0.264 e. The fraction of sp³-hybridized carbons (Fsp3) is 0.471. The Morgan fingerprint density at radius 1 is 1.05 bits per heavy atom. The zero-order valence-corrected chi connectivity index (χ0v) is 13.3. The van der Waals surface area contributed by atoms with Crippen LogP contribution in [0.15, 0.2) is 36.7 Å². The van der Waals surface area contributed by atoms with Crippen molar-refractivity contribution in [3.63, 3.8) is 0 Å². The first-order chi connectivity index (χ1) is 8.79.